The van der Waals surface area contributed by atoms with Crippen molar-refractivity contribution >= 4 is 11.7 Å². The Bertz CT molecular complexity index is 597. The van der Waals surface area contributed by atoms with Crippen LogP contribution in [0.3, 0.4) is 0 Å². The van der Waals surface area contributed by atoms with E-state index in [1.165, 1.54) is 30.3 Å². The molecule has 0 aliphatic rings. The van der Waals surface area contributed by atoms with Crippen LogP contribution in [0, 0.1) is 11.6 Å². The van der Waals surface area contributed by atoms with Gasteiger partial charge in [0.2, 0.25) is 0 Å². The number of aromatic carboxylic acids is 1. The van der Waals surface area contributed by atoms with Crippen molar-refractivity contribution in [3.05, 3.63) is 65.2 Å². The van der Waals surface area contributed by atoms with E-state index in [0.29, 0.717) is 17.8 Å². The van der Waals surface area contributed by atoms with Gasteiger partial charge in [-0.1, -0.05) is 6.07 Å². The number of hydrogen-bond donors (Lipinski definition) is 2. The van der Waals surface area contributed by atoms with Crippen molar-refractivity contribution in [2.24, 2.45) is 0 Å². The maximum absolute atomic E-state index is 13.4. The fraction of sp³-hybridized carbons (Fsp3) is 0.0714. The Balaban J connectivity index is 2.06. The summed E-state index contributed by atoms with van der Waals surface area (Å²) < 4.78 is 26.1. The fourth-order valence-electron chi connectivity index (χ4n) is 1.61. The Morgan fingerprint density at radius 3 is 2.37 bits per heavy atom. The van der Waals surface area contributed by atoms with Gasteiger partial charge in [-0.3, -0.25) is 0 Å². The van der Waals surface area contributed by atoms with Crippen LogP contribution in [0.4, 0.5) is 14.5 Å². The first-order valence-corrected chi connectivity index (χ1v) is 5.57. The maximum atomic E-state index is 13.4. The Kier molecular flexibility index (Phi) is 3.75. The van der Waals surface area contributed by atoms with Gasteiger partial charge in [-0.05, 0) is 42.0 Å². The molecule has 0 amide bonds. The summed E-state index contributed by atoms with van der Waals surface area (Å²) in [5.41, 5.74) is 0.946. The average Bonchev–Trinajstić information content (AvgIpc) is 2.37. The zero-order chi connectivity index (χ0) is 13.8. The molecule has 0 atom stereocenters. The number of carbonyl (C=O) groups is 1. The van der Waals surface area contributed by atoms with E-state index in [0.717, 1.165) is 0 Å². The quantitative estimate of drug-likeness (QED) is 0.890. The van der Waals surface area contributed by atoms with Gasteiger partial charge < -0.3 is 10.4 Å². The summed E-state index contributed by atoms with van der Waals surface area (Å²) in [5, 5.41) is 11.7. The highest BCUT2D eigenvalue weighted by Gasteiger charge is 2.10. The van der Waals surface area contributed by atoms with Gasteiger partial charge in [-0.2, -0.15) is 0 Å². The minimum Gasteiger partial charge on any atom is -0.478 e. The van der Waals surface area contributed by atoms with E-state index in [9.17, 15) is 13.6 Å². The second kappa shape index (κ2) is 5.48. The lowest BCUT2D eigenvalue weighted by Crippen LogP contribution is -2.04. The number of rotatable bonds is 4. The summed E-state index contributed by atoms with van der Waals surface area (Å²) in [7, 11) is 0. The Morgan fingerprint density at radius 2 is 1.79 bits per heavy atom. The molecule has 3 nitrogen and oxygen atoms in total. The van der Waals surface area contributed by atoms with Gasteiger partial charge in [0.15, 0.2) is 0 Å². The minimum absolute atomic E-state index is 0.322. The molecule has 0 fully saturated rings. The molecule has 5 heteroatoms. The minimum atomic E-state index is -1.30. The first kappa shape index (κ1) is 13.0. The Morgan fingerprint density at radius 1 is 1.11 bits per heavy atom. The zero-order valence-corrected chi connectivity index (χ0v) is 9.86. The van der Waals surface area contributed by atoms with Crippen LogP contribution in [-0.4, -0.2) is 11.1 Å². The highest BCUT2D eigenvalue weighted by Crippen LogP contribution is 2.13. The highest BCUT2D eigenvalue weighted by molar-refractivity contribution is 5.87. The van der Waals surface area contributed by atoms with Crippen LogP contribution in [-0.2, 0) is 6.54 Å². The SMILES string of the molecule is O=C(O)c1ccc(CNc2ccc(F)cc2)cc1F. The summed E-state index contributed by atoms with van der Waals surface area (Å²) in [6.07, 6.45) is 0. The molecule has 0 radical (unpaired) electrons. The summed E-state index contributed by atoms with van der Waals surface area (Å²) in [6, 6.07) is 9.68. The number of anilines is 1. The second-order valence-electron chi connectivity index (χ2n) is 3.98. The first-order valence-electron chi connectivity index (χ1n) is 5.57. The van der Waals surface area contributed by atoms with Crippen LogP contribution in [0.1, 0.15) is 15.9 Å². The van der Waals surface area contributed by atoms with Crippen molar-refractivity contribution in [1.82, 2.24) is 0 Å². The molecule has 19 heavy (non-hydrogen) atoms. The van der Waals surface area contributed by atoms with E-state index in [1.54, 1.807) is 12.1 Å². The molecule has 0 saturated carbocycles. The number of hydrogen-bond acceptors (Lipinski definition) is 2. The molecular formula is C14H11F2NO2. The van der Waals surface area contributed by atoms with Crippen molar-refractivity contribution in [1.29, 1.82) is 0 Å². The molecule has 2 N–H and O–H groups in total. The van der Waals surface area contributed by atoms with Gasteiger partial charge in [-0.25, -0.2) is 13.6 Å². The van der Waals surface area contributed by atoms with Gasteiger partial charge in [0.1, 0.15) is 11.6 Å². The van der Waals surface area contributed by atoms with Crippen LogP contribution in [0.5, 0.6) is 0 Å². The zero-order valence-electron chi connectivity index (χ0n) is 9.86. The molecule has 0 heterocycles. The van der Waals surface area contributed by atoms with E-state index >= 15 is 0 Å². The summed E-state index contributed by atoms with van der Waals surface area (Å²) in [4.78, 5) is 10.7. The van der Waals surface area contributed by atoms with E-state index in [-0.39, 0.29) is 11.4 Å². The normalized spacial score (nSPS) is 10.2. The lowest BCUT2D eigenvalue weighted by atomic mass is 10.1. The Labute approximate surface area is 108 Å². The molecule has 0 aliphatic heterocycles. The molecule has 2 rings (SSSR count). The predicted octanol–water partition coefficient (Wildman–Crippen LogP) is 3.28. The third-order valence-corrected chi connectivity index (χ3v) is 2.60. The van der Waals surface area contributed by atoms with Gasteiger partial charge >= 0.3 is 5.97 Å². The smallest absolute Gasteiger partial charge is 0.338 e. The van der Waals surface area contributed by atoms with Crippen LogP contribution in [0.2, 0.25) is 0 Å². The molecular weight excluding hydrogens is 252 g/mol. The van der Waals surface area contributed by atoms with Crippen LogP contribution < -0.4 is 5.32 Å². The number of carboxylic acid groups (broad SMARTS) is 1. The van der Waals surface area contributed by atoms with Crippen LogP contribution in [0.15, 0.2) is 42.5 Å². The van der Waals surface area contributed by atoms with Gasteiger partial charge in [0, 0.05) is 12.2 Å². The third kappa shape index (κ3) is 3.28. The molecule has 98 valence electrons. The van der Waals surface area contributed by atoms with Gasteiger partial charge in [0.25, 0.3) is 0 Å². The molecule has 0 bridgehead atoms. The van der Waals surface area contributed by atoms with Crippen molar-refractivity contribution in [3.63, 3.8) is 0 Å². The number of nitrogens with one attached hydrogen (secondary N) is 1. The number of benzene rings is 2. The van der Waals surface area contributed by atoms with Crippen molar-refractivity contribution < 1.29 is 18.7 Å². The number of halogens is 2. The van der Waals surface area contributed by atoms with Crippen LogP contribution in [0.25, 0.3) is 0 Å². The highest BCUT2D eigenvalue weighted by atomic mass is 19.1. The average molecular weight is 263 g/mol. The van der Waals surface area contributed by atoms with E-state index in [1.807, 2.05) is 0 Å². The lowest BCUT2D eigenvalue weighted by molar-refractivity contribution is 0.0692. The van der Waals surface area contributed by atoms with Crippen molar-refractivity contribution in [3.8, 4) is 0 Å². The van der Waals surface area contributed by atoms with Crippen molar-refractivity contribution in [2.75, 3.05) is 5.32 Å². The molecule has 2 aromatic carbocycles. The van der Waals surface area contributed by atoms with E-state index in [4.69, 9.17) is 5.11 Å². The second-order valence-corrected chi connectivity index (χ2v) is 3.98. The summed E-state index contributed by atoms with van der Waals surface area (Å²) in [6.45, 7) is 0.322. The largest absolute Gasteiger partial charge is 0.478 e. The lowest BCUT2D eigenvalue weighted by Gasteiger charge is -2.07. The van der Waals surface area contributed by atoms with Gasteiger partial charge in [-0.15, -0.1) is 0 Å². The maximum Gasteiger partial charge on any atom is 0.338 e. The van der Waals surface area contributed by atoms with Crippen molar-refractivity contribution in [2.45, 2.75) is 6.54 Å². The summed E-state index contributed by atoms with van der Waals surface area (Å²) >= 11 is 0. The Hall–Kier alpha value is -2.43. The predicted molar refractivity (Wildman–Crippen MR) is 67.1 cm³/mol. The van der Waals surface area contributed by atoms with E-state index in [2.05, 4.69) is 5.32 Å². The first-order chi connectivity index (χ1) is 9.06. The van der Waals surface area contributed by atoms with Crippen LogP contribution >= 0.6 is 0 Å². The molecule has 0 spiro atoms. The third-order valence-electron chi connectivity index (χ3n) is 2.60. The fourth-order valence-corrected chi connectivity index (χ4v) is 1.61. The number of carboxylic acids is 1. The molecule has 0 aromatic heterocycles. The standard InChI is InChI=1S/C14H11F2NO2/c15-10-2-4-11(5-3-10)17-8-9-1-6-12(14(18)19)13(16)7-9/h1-7,17H,8H2,(H,18,19). The molecule has 0 aliphatic carbocycles. The molecule has 0 saturated heterocycles. The monoisotopic (exact) mass is 263 g/mol. The molecule has 2 aromatic rings. The summed E-state index contributed by atoms with van der Waals surface area (Å²) in [5.74, 6) is -2.40. The van der Waals surface area contributed by atoms with Gasteiger partial charge in [0.05, 0.1) is 5.56 Å². The van der Waals surface area contributed by atoms with E-state index < -0.39 is 11.8 Å². The topological polar surface area (TPSA) is 49.3 Å². The molecule has 0 unspecified atom stereocenters.